The zero-order valence-electron chi connectivity index (χ0n) is 82.8. The summed E-state index contributed by atoms with van der Waals surface area (Å²) in [5.74, 6) is 2.94. The van der Waals surface area contributed by atoms with Crippen LogP contribution in [-0.2, 0) is 31.1 Å². The van der Waals surface area contributed by atoms with Crippen LogP contribution in [0.15, 0.2) is 72.8 Å². The number of aromatic hydroxyl groups is 12. The van der Waals surface area contributed by atoms with Crippen molar-refractivity contribution in [3.8, 4) is 80.5 Å². The summed E-state index contributed by atoms with van der Waals surface area (Å²) in [4.78, 5) is 0. The first kappa shape index (κ1) is 106. The van der Waals surface area contributed by atoms with Crippen LogP contribution in [0.1, 0.15) is 249 Å². The number of rotatable bonds is 15. The Kier molecular flexibility index (Phi) is 33.2. The lowest BCUT2D eigenvalue weighted by Gasteiger charge is -2.32. The maximum Gasteiger partial charge on any atom is 0.141 e. The molecule has 0 aliphatic heterocycles. The molecule has 25 nitrogen and oxygen atoms in total. The normalized spacial score (nSPS) is 11.1. The van der Waals surface area contributed by atoms with Crippen molar-refractivity contribution in [2.45, 2.75) is 243 Å². The van der Waals surface area contributed by atoms with Gasteiger partial charge in [-0.15, -0.1) is 0 Å². The highest BCUT2D eigenvalue weighted by molar-refractivity contribution is 5.76. The summed E-state index contributed by atoms with van der Waals surface area (Å²) >= 11 is 0. The summed E-state index contributed by atoms with van der Waals surface area (Å²) < 4.78 is 5.89. The van der Waals surface area contributed by atoms with E-state index >= 15 is 0 Å². The fourth-order valence-corrected chi connectivity index (χ4v) is 17.1. The molecule has 12 aromatic carbocycles. The van der Waals surface area contributed by atoms with Crippen molar-refractivity contribution in [1.82, 2.24) is 0 Å². The standard InChI is InChI=1S/3C19H26N2O2.C18H24N2O2.C17H22N2O2.C16H20N2O3/c1-9-7-13(11(3)15(20)17(9)22)19(5,6)14-8-10(2)18(23)16(21)12(14)4;1-6-13(14-7-9(2)18(22)16(20)11(14)4)15-8-10(3)19(23)17(21)12(15)5;1-5-12-7-14(10(3)16(20)18(12)22)9-15-8-13(6-2)19(23)17(21)11(15)4;1-8-6-13(11(4)15(19)17(8)21)10(3)14-7-9(2)18(22)16(20)12(14)5;1-8-5-12(10(3)14(18)16(8)20)7-13-6-9(2)17(21)15(19)11(13)4;1-7-5-11(9(3)13(17)15(7)19)21-12-6-8(2)16(20)14(18)10(12)4/h7-8,22-23H,20-21H2,1-6H3;7-8,13,22-23H,6,20-21H2,1-5H3;7-8,22-23H,5-6,9,20-21H2,1-4H3;6-7,10,21-22H,19-20H2,1-5H3;5-6,20-21H,7,18-19H2,1-4H3;5-6,19-20H,17-18H2,1-4H3. The molecule has 133 heavy (non-hydrogen) atoms. The van der Waals surface area contributed by atoms with Gasteiger partial charge in [0.15, 0.2) is 0 Å². The van der Waals surface area contributed by atoms with E-state index in [4.69, 9.17) is 73.5 Å². The summed E-state index contributed by atoms with van der Waals surface area (Å²) in [6.45, 7) is 53.3. The van der Waals surface area contributed by atoms with Crippen LogP contribution in [0.3, 0.4) is 0 Å². The predicted octanol–water partition coefficient (Wildman–Crippen LogP) is 21.5. The smallest absolute Gasteiger partial charge is 0.141 e. The number of aryl methyl sites for hydroxylation is 12. The Morgan fingerprint density at radius 3 is 0.684 bits per heavy atom. The van der Waals surface area contributed by atoms with Crippen molar-refractivity contribution in [2.24, 2.45) is 0 Å². The summed E-state index contributed by atoms with van der Waals surface area (Å²) in [6.07, 6.45) is 3.65. The van der Waals surface area contributed by atoms with E-state index in [2.05, 4.69) is 27.7 Å². The average Bonchev–Trinajstić information content (AvgIpc) is 0.771. The minimum atomic E-state index is -0.368. The van der Waals surface area contributed by atoms with Gasteiger partial charge in [-0.2, -0.15) is 0 Å². The van der Waals surface area contributed by atoms with Gasteiger partial charge in [-0.25, -0.2) is 0 Å². The molecule has 0 fully saturated rings. The van der Waals surface area contributed by atoms with Gasteiger partial charge in [0.05, 0.1) is 68.2 Å². The number of nitrogens with two attached hydrogens (primary N) is 12. The fraction of sp³-hybridized carbons (Fsp3) is 0.333. The molecule has 12 rings (SSSR count). The number of nitrogen functional groups attached to an aromatic ring is 12. The van der Waals surface area contributed by atoms with Gasteiger partial charge in [-0.3, -0.25) is 0 Å². The molecule has 0 bridgehead atoms. The Bertz CT molecular complexity index is 6010. The second-order valence-corrected chi connectivity index (χ2v) is 36.2. The number of anilines is 12. The van der Waals surface area contributed by atoms with Crippen LogP contribution in [0.25, 0.3) is 0 Å². The van der Waals surface area contributed by atoms with E-state index in [0.717, 1.165) is 186 Å². The van der Waals surface area contributed by atoms with Gasteiger partial charge >= 0.3 is 0 Å². The van der Waals surface area contributed by atoms with Crippen molar-refractivity contribution in [2.75, 3.05) is 68.8 Å². The second kappa shape index (κ2) is 41.8. The Labute approximate surface area is 784 Å². The molecule has 0 aliphatic rings. The van der Waals surface area contributed by atoms with Gasteiger partial charge in [0.25, 0.3) is 0 Å². The maximum absolute atomic E-state index is 10.1. The highest BCUT2D eigenvalue weighted by Crippen LogP contribution is 2.49. The van der Waals surface area contributed by atoms with E-state index in [-0.39, 0.29) is 86.2 Å². The Balaban J connectivity index is 0.000000218. The Morgan fingerprint density at radius 2 is 0.429 bits per heavy atom. The van der Waals surface area contributed by atoms with Crippen molar-refractivity contribution < 1.29 is 66.0 Å². The van der Waals surface area contributed by atoms with Crippen molar-refractivity contribution in [3.05, 3.63) is 262 Å². The first-order valence-electron chi connectivity index (χ1n) is 44.4. The lowest BCUT2D eigenvalue weighted by atomic mass is 9.73. The molecule has 0 unspecified atom stereocenters. The van der Waals surface area contributed by atoms with E-state index in [0.29, 0.717) is 115 Å². The molecular formula is C108H144N12O13. The van der Waals surface area contributed by atoms with Crippen molar-refractivity contribution in [3.63, 3.8) is 0 Å². The summed E-state index contributed by atoms with van der Waals surface area (Å²) in [5, 5.41) is 120. The number of hydrogen-bond donors (Lipinski definition) is 24. The Morgan fingerprint density at radius 1 is 0.233 bits per heavy atom. The third-order valence-electron chi connectivity index (χ3n) is 27.0. The summed E-state index contributed by atoms with van der Waals surface area (Å²) in [7, 11) is 0. The van der Waals surface area contributed by atoms with Crippen LogP contribution in [-0.4, -0.2) is 61.3 Å². The van der Waals surface area contributed by atoms with Crippen LogP contribution < -0.4 is 73.5 Å². The zero-order chi connectivity index (χ0) is 101. The van der Waals surface area contributed by atoms with Gasteiger partial charge in [-0.1, -0.05) is 102 Å². The topological polar surface area (TPSA) is 564 Å². The van der Waals surface area contributed by atoms with Gasteiger partial charge in [0.2, 0.25) is 0 Å². The molecule has 0 amide bonds. The number of ether oxygens (including phenoxy) is 1. The summed E-state index contributed by atoms with van der Waals surface area (Å²) in [5.41, 5.74) is 106. The molecule has 0 aliphatic carbocycles. The highest BCUT2D eigenvalue weighted by Gasteiger charge is 2.32. The molecule has 12 aromatic rings. The van der Waals surface area contributed by atoms with Crippen LogP contribution in [0.4, 0.5) is 68.2 Å². The lowest BCUT2D eigenvalue weighted by molar-refractivity contribution is 0.453. The number of phenols is 12. The highest BCUT2D eigenvalue weighted by atomic mass is 16.5. The fourth-order valence-electron chi connectivity index (χ4n) is 17.1. The van der Waals surface area contributed by atoms with Gasteiger partial charge in [0, 0.05) is 28.4 Å². The predicted molar refractivity (Wildman–Crippen MR) is 551 cm³/mol. The molecule has 0 atom stereocenters. The molecule has 0 saturated heterocycles. The van der Waals surface area contributed by atoms with Crippen LogP contribution in [0.2, 0.25) is 0 Å². The largest absolute Gasteiger partial charge is 0.506 e. The molecule has 0 aromatic heterocycles. The minimum absolute atomic E-state index is 0.0585. The van der Waals surface area contributed by atoms with Crippen molar-refractivity contribution >= 4 is 68.2 Å². The third kappa shape index (κ3) is 21.3. The van der Waals surface area contributed by atoms with Gasteiger partial charge in [-0.05, 0) is 375 Å². The van der Waals surface area contributed by atoms with E-state index in [1.807, 2.05) is 199 Å². The average molecular weight is 1820 g/mol. The number of hydrogen-bond acceptors (Lipinski definition) is 25. The molecule has 36 N–H and O–H groups in total. The molecule has 0 spiro atoms. The SMILES string of the molecule is CCC(c1cc(C)c(O)c(N)c1C)c1cc(C)c(O)c(N)c1C.CCc1cc(Cc2cc(CC)c(O)c(N)c2C)c(C)c(N)c1O.Cc1cc(C(C)(C)c2cc(C)c(O)c(N)c2C)c(C)c(N)c1O.Cc1cc(C(C)c2cc(C)c(O)c(N)c2C)c(C)c(N)c1O.Cc1cc(Cc2cc(C)c(O)c(N)c2C)c(C)c(N)c1O.Cc1cc(Oc2cc(C)c(O)c(N)c2C)c(C)c(N)c1O. The first-order chi connectivity index (χ1) is 61.6. The molecule has 0 radical (unpaired) electrons. The van der Waals surface area contributed by atoms with Crippen LogP contribution >= 0.6 is 0 Å². The Hall–Kier alpha value is -14.4. The number of phenolic OH excluding ortho intramolecular Hbond substituents is 12. The molecule has 0 saturated carbocycles. The molecule has 714 valence electrons. The monoisotopic (exact) mass is 1820 g/mol. The molecule has 25 heteroatoms. The first-order valence-corrected chi connectivity index (χ1v) is 44.4. The quantitative estimate of drug-likeness (QED) is 0.0335. The van der Waals surface area contributed by atoms with Crippen LogP contribution in [0, 0.1) is 152 Å². The van der Waals surface area contributed by atoms with E-state index in [1.165, 1.54) is 0 Å². The van der Waals surface area contributed by atoms with E-state index < -0.39 is 0 Å². The maximum atomic E-state index is 10.1. The van der Waals surface area contributed by atoms with Crippen molar-refractivity contribution in [1.29, 1.82) is 0 Å². The molecular weight excluding hydrogens is 1670 g/mol. The number of benzene rings is 12. The summed E-state index contributed by atoms with van der Waals surface area (Å²) in [6, 6.07) is 23.2. The van der Waals surface area contributed by atoms with E-state index in [9.17, 15) is 61.3 Å². The van der Waals surface area contributed by atoms with Gasteiger partial charge in [0.1, 0.15) is 80.5 Å². The minimum Gasteiger partial charge on any atom is -0.506 e. The molecule has 0 heterocycles. The van der Waals surface area contributed by atoms with E-state index in [1.54, 1.807) is 39.8 Å². The lowest BCUT2D eigenvalue weighted by Crippen LogP contribution is -2.23. The second-order valence-electron chi connectivity index (χ2n) is 36.2. The van der Waals surface area contributed by atoms with Crippen LogP contribution in [0.5, 0.6) is 80.5 Å². The zero-order valence-corrected chi connectivity index (χ0v) is 82.8. The van der Waals surface area contributed by atoms with Gasteiger partial charge < -0.3 is 135 Å². The third-order valence-corrected chi connectivity index (χ3v) is 27.0.